The lowest BCUT2D eigenvalue weighted by Gasteiger charge is -2.18. The van der Waals surface area contributed by atoms with Gasteiger partial charge >= 0.3 is 0 Å². The van der Waals surface area contributed by atoms with Crippen LogP contribution in [0.1, 0.15) is 33.6 Å². The molecular weight excluding hydrogens is 198 g/mol. The van der Waals surface area contributed by atoms with Gasteiger partial charge in [-0.25, -0.2) is 4.98 Å². The van der Waals surface area contributed by atoms with Crippen molar-refractivity contribution < 1.29 is 0 Å². The number of nitrogens with zero attached hydrogens (tertiary/aromatic N) is 1. The summed E-state index contributed by atoms with van der Waals surface area (Å²) < 4.78 is 0. The van der Waals surface area contributed by atoms with Gasteiger partial charge in [-0.1, -0.05) is 20.3 Å². The van der Waals surface area contributed by atoms with Gasteiger partial charge < -0.3 is 10.6 Å². The Kier molecular flexibility index (Phi) is 5.09. The lowest BCUT2D eigenvalue weighted by molar-refractivity contribution is 0.484. The number of nitrogens with one attached hydrogen (secondary N) is 2. The molecule has 90 valence electrons. The second-order valence-corrected chi connectivity index (χ2v) is 4.47. The minimum atomic E-state index is 0.502. The Labute approximate surface area is 98.7 Å². The largest absolute Gasteiger partial charge is 0.382 e. The monoisotopic (exact) mass is 221 g/mol. The van der Waals surface area contributed by atoms with Crippen LogP contribution in [-0.4, -0.2) is 18.1 Å². The minimum Gasteiger partial charge on any atom is -0.382 e. The molecule has 16 heavy (non-hydrogen) atoms. The molecule has 3 heteroatoms. The Balaban J connectivity index is 2.51. The summed E-state index contributed by atoms with van der Waals surface area (Å²) in [5, 5.41) is 6.54. The van der Waals surface area contributed by atoms with E-state index in [0.717, 1.165) is 17.4 Å². The summed E-state index contributed by atoms with van der Waals surface area (Å²) in [4.78, 5) is 4.19. The van der Waals surface area contributed by atoms with Crippen molar-refractivity contribution in [2.24, 2.45) is 5.92 Å². The summed E-state index contributed by atoms with van der Waals surface area (Å²) in [5.41, 5.74) is 1.13. The highest BCUT2D eigenvalue weighted by atomic mass is 15.0. The molecule has 2 atom stereocenters. The normalized spacial score (nSPS) is 14.2. The Bertz CT molecular complexity index is 312. The second-order valence-electron chi connectivity index (χ2n) is 4.47. The zero-order chi connectivity index (χ0) is 12.0. The maximum Gasteiger partial charge on any atom is 0.127 e. The minimum absolute atomic E-state index is 0.502. The number of aromatic nitrogens is 1. The van der Waals surface area contributed by atoms with Crippen molar-refractivity contribution in [3.63, 3.8) is 0 Å². The molecule has 1 aromatic heterocycles. The third kappa shape index (κ3) is 4.09. The number of pyridine rings is 1. The molecule has 0 spiro atoms. The first kappa shape index (κ1) is 12.8. The van der Waals surface area contributed by atoms with Crippen molar-refractivity contribution in [2.75, 3.05) is 17.7 Å². The smallest absolute Gasteiger partial charge is 0.127 e. The molecule has 1 rings (SSSR count). The fourth-order valence-electron chi connectivity index (χ4n) is 1.77. The molecule has 0 aliphatic carbocycles. The fraction of sp³-hybridized carbons (Fsp3) is 0.615. The summed E-state index contributed by atoms with van der Waals surface area (Å²) in [5.74, 6) is 1.67. The molecule has 0 fully saturated rings. The Hall–Kier alpha value is -1.25. The number of hydrogen-bond donors (Lipinski definition) is 2. The van der Waals surface area contributed by atoms with E-state index in [-0.39, 0.29) is 0 Å². The zero-order valence-electron chi connectivity index (χ0n) is 10.7. The number of hydrogen-bond acceptors (Lipinski definition) is 3. The molecule has 0 aliphatic heterocycles. The van der Waals surface area contributed by atoms with Gasteiger partial charge in [-0.3, -0.25) is 0 Å². The molecule has 0 amide bonds. The van der Waals surface area contributed by atoms with Crippen molar-refractivity contribution >= 4 is 11.5 Å². The summed E-state index contributed by atoms with van der Waals surface area (Å²) in [6.45, 7) is 6.76. The Morgan fingerprint density at radius 2 is 2.12 bits per heavy atom. The van der Waals surface area contributed by atoms with Gasteiger partial charge in [0.2, 0.25) is 0 Å². The summed E-state index contributed by atoms with van der Waals surface area (Å²) in [7, 11) is 1.88. The van der Waals surface area contributed by atoms with E-state index in [2.05, 4.69) is 36.4 Å². The quantitative estimate of drug-likeness (QED) is 0.773. The van der Waals surface area contributed by atoms with Crippen LogP contribution < -0.4 is 10.6 Å². The van der Waals surface area contributed by atoms with Gasteiger partial charge in [-0.05, 0) is 25.3 Å². The molecule has 1 aromatic rings. The lowest BCUT2D eigenvalue weighted by atomic mass is 10.0. The van der Waals surface area contributed by atoms with Crippen LogP contribution in [0.15, 0.2) is 18.3 Å². The van der Waals surface area contributed by atoms with E-state index < -0.39 is 0 Å². The first-order chi connectivity index (χ1) is 7.65. The van der Waals surface area contributed by atoms with Gasteiger partial charge in [0.15, 0.2) is 0 Å². The van der Waals surface area contributed by atoms with Crippen LogP contribution in [-0.2, 0) is 0 Å². The molecule has 0 aromatic carbocycles. The summed E-state index contributed by atoms with van der Waals surface area (Å²) >= 11 is 0. The second kappa shape index (κ2) is 6.36. The third-order valence-electron chi connectivity index (χ3n) is 2.88. The highest BCUT2D eigenvalue weighted by molar-refractivity contribution is 5.51. The van der Waals surface area contributed by atoms with Crippen LogP contribution in [0.3, 0.4) is 0 Å². The van der Waals surface area contributed by atoms with Gasteiger partial charge in [0.1, 0.15) is 5.82 Å². The van der Waals surface area contributed by atoms with Gasteiger partial charge in [0.25, 0.3) is 0 Å². The molecule has 3 nitrogen and oxygen atoms in total. The van der Waals surface area contributed by atoms with Crippen molar-refractivity contribution in [2.45, 2.75) is 39.7 Å². The van der Waals surface area contributed by atoms with Crippen molar-refractivity contribution in [3.8, 4) is 0 Å². The predicted molar refractivity (Wildman–Crippen MR) is 70.9 cm³/mol. The molecule has 0 aliphatic rings. The maximum atomic E-state index is 4.19. The topological polar surface area (TPSA) is 37.0 Å². The van der Waals surface area contributed by atoms with E-state index in [9.17, 15) is 0 Å². The molecule has 0 bridgehead atoms. The summed E-state index contributed by atoms with van der Waals surface area (Å²) in [6, 6.07) is 4.54. The molecule has 0 saturated heterocycles. The molecule has 2 unspecified atom stereocenters. The van der Waals surface area contributed by atoms with E-state index >= 15 is 0 Å². The van der Waals surface area contributed by atoms with Crippen LogP contribution >= 0.6 is 0 Å². The molecule has 2 N–H and O–H groups in total. The SMILES string of the molecule is CCC(C)CC(C)Nc1ccnc(NC)c1. The third-order valence-corrected chi connectivity index (χ3v) is 2.88. The first-order valence-electron chi connectivity index (χ1n) is 6.06. The van der Waals surface area contributed by atoms with Crippen LogP contribution in [0.2, 0.25) is 0 Å². The van der Waals surface area contributed by atoms with E-state index in [1.165, 1.54) is 12.8 Å². The van der Waals surface area contributed by atoms with Crippen LogP contribution in [0.25, 0.3) is 0 Å². The number of anilines is 2. The van der Waals surface area contributed by atoms with Crippen LogP contribution in [0.5, 0.6) is 0 Å². The highest BCUT2D eigenvalue weighted by Crippen LogP contribution is 2.16. The average Bonchev–Trinajstić information content (AvgIpc) is 2.28. The van der Waals surface area contributed by atoms with Gasteiger partial charge in [0, 0.05) is 31.0 Å². The van der Waals surface area contributed by atoms with E-state index in [1.54, 1.807) is 0 Å². The van der Waals surface area contributed by atoms with Gasteiger partial charge in [-0.15, -0.1) is 0 Å². The van der Waals surface area contributed by atoms with Crippen LogP contribution in [0, 0.1) is 5.92 Å². The van der Waals surface area contributed by atoms with Gasteiger partial charge in [-0.2, -0.15) is 0 Å². The van der Waals surface area contributed by atoms with Crippen LogP contribution in [0.4, 0.5) is 11.5 Å². The van der Waals surface area contributed by atoms with E-state index in [0.29, 0.717) is 6.04 Å². The Morgan fingerprint density at radius 3 is 2.75 bits per heavy atom. The molecule has 0 radical (unpaired) electrons. The van der Waals surface area contributed by atoms with E-state index in [4.69, 9.17) is 0 Å². The average molecular weight is 221 g/mol. The molecule has 0 saturated carbocycles. The Morgan fingerprint density at radius 1 is 1.38 bits per heavy atom. The maximum absolute atomic E-state index is 4.19. The predicted octanol–water partition coefficient (Wildman–Crippen LogP) is 3.36. The van der Waals surface area contributed by atoms with Crippen molar-refractivity contribution in [3.05, 3.63) is 18.3 Å². The number of rotatable bonds is 6. The fourth-order valence-corrected chi connectivity index (χ4v) is 1.77. The summed E-state index contributed by atoms with van der Waals surface area (Å²) in [6.07, 6.45) is 4.27. The first-order valence-corrected chi connectivity index (χ1v) is 6.06. The standard InChI is InChI=1S/C13H23N3/c1-5-10(2)8-11(3)16-12-6-7-15-13(9-12)14-4/h6-7,9-11H,5,8H2,1-4H3,(H2,14,15,16). The highest BCUT2D eigenvalue weighted by Gasteiger charge is 2.07. The van der Waals surface area contributed by atoms with Crippen molar-refractivity contribution in [1.82, 2.24) is 4.98 Å². The molecular formula is C13H23N3. The van der Waals surface area contributed by atoms with Crippen molar-refractivity contribution in [1.29, 1.82) is 0 Å². The van der Waals surface area contributed by atoms with E-state index in [1.807, 2.05) is 25.4 Å². The lowest BCUT2D eigenvalue weighted by Crippen LogP contribution is -2.18. The zero-order valence-corrected chi connectivity index (χ0v) is 10.7. The molecule has 1 heterocycles. The van der Waals surface area contributed by atoms with Gasteiger partial charge in [0.05, 0.1) is 0 Å².